The second kappa shape index (κ2) is 6.04. The highest BCUT2D eigenvalue weighted by Crippen LogP contribution is 2.32. The maximum Gasteiger partial charge on any atom is 0.262 e. The lowest BCUT2D eigenvalue weighted by Gasteiger charge is -2.10. The van der Waals surface area contributed by atoms with Crippen LogP contribution in [-0.4, -0.2) is 13.5 Å². The highest BCUT2D eigenvalue weighted by molar-refractivity contribution is 7.92. The number of phenols is 1. The van der Waals surface area contributed by atoms with Crippen molar-refractivity contribution >= 4 is 27.3 Å². The van der Waals surface area contributed by atoms with Gasteiger partial charge in [0.25, 0.3) is 10.0 Å². The maximum atomic E-state index is 12.2. The topological polar surface area (TPSA) is 90.2 Å². The van der Waals surface area contributed by atoms with Crippen molar-refractivity contribution in [2.75, 3.05) is 4.72 Å². The van der Waals surface area contributed by atoms with Crippen LogP contribution in [0.4, 0.5) is 5.69 Å². The van der Waals surface area contributed by atoms with Crippen LogP contribution in [0, 0.1) is 11.3 Å². The molecule has 0 bridgehead atoms. The number of hydrogen-bond acceptors (Lipinski definition) is 4. The fourth-order valence-corrected chi connectivity index (χ4v) is 2.92. The van der Waals surface area contributed by atoms with E-state index in [4.69, 9.17) is 16.9 Å². The SMILES string of the molecule is N#CCc1ccc(S(=O)(=O)Nc2cccc(Cl)c2O)cc1. The Labute approximate surface area is 127 Å². The predicted molar refractivity (Wildman–Crippen MR) is 79.7 cm³/mol. The summed E-state index contributed by atoms with van der Waals surface area (Å²) in [7, 11) is -3.84. The van der Waals surface area contributed by atoms with Crippen LogP contribution in [-0.2, 0) is 16.4 Å². The van der Waals surface area contributed by atoms with Crippen molar-refractivity contribution in [1.29, 1.82) is 5.26 Å². The zero-order valence-electron chi connectivity index (χ0n) is 10.7. The van der Waals surface area contributed by atoms with Gasteiger partial charge in [-0.3, -0.25) is 4.72 Å². The third-order valence-corrected chi connectivity index (χ3v) is 4.43. The zero-order valence-corrected chi connectivity index (χ0v) is 12.3. The lowest BCUT2D eigenvalue weighted by atomic mass is 10.2. The third kappa shape index (κ3) is 3.45. The molecule has 0 saturated carbocycles. The number of phenolic OH excluding ortho intramolecular Hbond substituents is 1. The summed E-state index contributed by atoms with van der Waals surface area (Å²) in [6.07, 6.45) is 0.211. The number of benzene rings is 2. The van der Waals surface area contributed by atoms with Crippen molar-refractivity contribution in [2.45, 2.75) is 11.3 Å². The van der Waals surface area contributed by atoms with E-state index in [9.17, 15) is 13.5 Å². The number of sulfonamides is 1. The van der Waals surface area contributed by atoms with Gasteiger partial charge in [-0.25, -0.2) is 8.42 Å². The smallest absolute Gasteiger partial charge is 0.262 e. The van der Waals surface area contributed by atoms with Gasteiger partial charge in [0.2, 0.25) is 0 Å². The fourth-order valence-electron chi connectivity index (χ4n) is 1.68. The molecule has 0 heterocycles. The lowest BCUT2D eigenvalue weighted by molar-refractivity contribution is 0.478. The Bertz CT molecular complexity index is 796. The molecule has 2 aromatic carbocycles. The van der Waals surface area contributed by atoms with Crippen LogP contribution in [0.15, 0.2) is 47.4 Å². The van der Waals surface area contributed by atoms with E-state index in [0.29, 0.717) is 0 Å². The number of halogens is 1. The number of anilines is 1. The van der Waals surface area contributed by atoms with E-state index in [1.807, 2.05) is 6.07 Å². The summed E-state index contributed by atoms with van der Waals surface area (Å²) in [6.45, 7) is 0. The maximum absolute atomic E-state index is 12.2. The Balaban J connectivity index is 2.30. The van der Waals surface area contributed by atoms with E-state index in [2.05, 4.69) is 4.72 Å². The van der Waals surface area contributed by atoms with Crippen LogP contribution in [0.1, 0.15) is 5.56 Å². The first-order chi connectivity index (χ1) is 9.94. The van der Waals surface area contributed by atoms with Gasteiger partial charge in [-0.2, -0.15) is 5.26 Å². The largest absolute Gasteiger partial charge is 0.504 e. The first-order valence-electron chi connectivity index (χ1n) is 5.90. The molecule has 0 amide bonds. The van der Waals surface area contributed by atoms with Crippen molar-refractivity contribution in [1.82, 2.24) is 0 Å². The Morgan fingerprint density at radius 1 is 1.19 bits per heavy atom. The van der Waals surface area contributed by atoms with Crippen molar-refractivity contribution in [3.8, 4) is 11.8 Å². The molecule has 0 radical (unpaired) electrons. The fraction of sp³-hybridized carbons (Fsp3) is 0.0714. The minimum absolute atomic E-state index is 0.00333. The summed E-state index contributed by atoms with van der Waals surface area (Å²) < 4.78 is 26.7. The number of rotatable bonds is 4. The summed E-state index contributed by atoms with van der Waals surface area (Å²) in [4.78, 5) is 0.0311. The summed E-state index contributed by atoms with van der Waals surface area (Å²) in [5.41, 5.74) is 0.727. The first-order valence-corrected chi connectivity index (χ1v) is 7.76. The monoisotopic (exact) mass is 322 g/mol. The zero-order chi connectivity index (χ0) is 15.5. The normalized spacial score (nSPS) is 10.9. The lowest BCUT2D eigenvalue weighted by Crippen LogP contribution is -2.13. The van der Waals surface area contributed by atoms with Crippen molar-refractivity contribution in [2.24, 2.45) is 0 Å². The van der Waals surface area contributed by atoms with Crippen molar-refractivity contribution < 1.29 is 13.5 Å². The Morgan fingerprint density at radius 3 is 2.48 bits per heavy atom. The Kier molecular flexibility index (Phi) is 4.36. The number of nitriles is 1. The Hall–Kier alpha value is -2.23. The van der Waals surface area contributed by atoms with E-state index in [-0.39, 0.29) is 27.8 Å². The molecule has 21 heavy (non-hydrogen) atoms. The average Bonchev–Trinajstić information content (AvgIpc) is 2.45. The van der Waals surface area contributed by atoms with Crippen LogP contribution in [0.3, 0.4) is 0 Å². The summed E-state index contributed by atoms with van der Waals surface area (Å²) in [5.74, 6) is -0.330. The van der Waals surface area contributed by atoms with Gasteiger partial charge in [-0.1, -0.05) is 29.8 Å². The quantitative estimate of drug-likeness (QED) is 0.847. The third-order valence-electron chi connectivity index (χ3n) is 2.75. The standard InChI is InChI=1S/C14H11ClN2O3S/c15-12-2-1-3-13(14(12)18)17-21(19,20)11-6-4-10(5-7-11)8-9-16/h1-7,17-18H,8H2. The number of nitrogens with one attached hydrogen (secondary N) is 1. The van der Waals surface area contributed by atoms with Gasteiger partial charge in [0, 0.05) is 0 Å². The van der Waals surface area contributed by atoms with Crippen molar-refractivity contribution in [3.05, 3.63) is 53.1 Å². The molecule has 0 aliphatic carbocycles. The molecule has 0 unspecified atom stereocenters. The molecular weight excluding hydrogens is 312 g/mol. The molecule has 2 N–H and O–H groups in total. The number of nitrogens with zero attached hydrogens (tertiary/aromatic N) is 1. The summed E-state index contributed by atoms with van der Waals surface area (Å²) in [5, 5.41) is 18.4. The van der Waals surface area contributed by atoms with E-state index < -0.39 is 10.0 Å². The van der Waals surface area contributed by atoms with Gasteiger partial charge >= 0.3 is 0 Å². The molecule has 0 aliphatic rings. The average molecular weight is 323 g/mol. The van der Waals surface area contributed by atoms with Gasteiger partial charge in [-0.05, 0) is 29.8 Å². The Morgan fingerprint density at radius 2 is 1.86 bits per heavy atom. The van der Waals surface area contributed by atoms with E-state index in [0.717, 1.165) is 5.56 Å². The molecule has 2 aromatic rings. The second-order valence-electron chi connectivity index (χ2n) is 4.22. The number of aromatic hydroxyl groups is 1. The van der Waals surface area contributed by atoms with Gasteiger partial charge in [0.05, 0.1) is 28.1 Å². The van der Waals surface area contributed by atoms with E-state index >= 15 is 0 Å². The first kappa shape index (κ1) is 15.2. The molecule has 7 heteroatoms. The van der Waals surface area contributed by atoms with Gasteiger partial charge in [0.1, 0.15) is 0 Å². The van der Waals surface area contributed by atoms with Crippen LogP contribution in [0.25, 0.3) is 0 Å². The van der Waals surface area contributed by atoms with E-state index in [1.165, 1.54) is 30.3 Å². The van der Waals surface area contributed by atoms with Crippen molar-refractivity contribution in [3.63, 3.8) is 0 Å². The molecule has 0 atom stereocenters. The molecule has 108 valence electrons. The predicted octanol–water partition coefficient (Wildman–Crippen LogP) is 2.91. The van der Waals surface area contributed by atoms with Crippen LogP contribution < -0.4 is 4.72 Å². The molecule has 0 aliphatic heterocycles. The molecule has 0 fully saturated rings. The highest BCUT2D eigenvalue weighted by atomic mass is 35.5. The summed E-state index contributed by atoms with van der Waals surface area (Å²) in [6, 6.07) is 12.3. The molecule has 0 saturated heterocycles. The minimum Gasteiger partial charge on any atom is -0.504 e. The molecule has 0 aromatic heterocycles. The highest BCUT2D eigenvalue weighted by Gasteiger charge is 2.16. The molecular formula is C14H11ClN2O3S. The van der Waals surface area contributed by atoms with Crippen LogP contribution in [0.2, 0.25) is 5.02 Å². The van der Waals surface area contributed by atoms with Crippen LogP contribution in [0.5, 0.6) is 5.75 Å². The molecule has 5 nitrogen and oxygen atoms in total. The number of hydrogen-bond donors (Lipinski definition) is 2. The van der Waals surface area contributed by atoms with Gasteiger partial charge in [0.15, 0.2) is 5.75 Å². The molecule has 0 spiro atoms. The van der Waals surface area contributed by atoms with Gasteiger partial charge < -0.3 is 5.11 Å². The van der Waals surface area contributed by atoms with E-state index in [1.54, 1.807) is 12.1 Å². The molecule has 2 rings (SSSR count). The summed E-state index contributed by atoms with van der Waals surface area (Å²) >= 11 is 5.73. The number of para-hydroxylation sites is 1. The van der Waals surface area contributed by atoms with Gasteiger partial charge in [-0.15, -0.1) is 0 Å². The minimum atomic E-state index is -3.84. The van der Waals surface area contributed by atoms with Crippen LogP contribution >= 0.6 is 11.6 Å². The second-order valence-corrected chi connectivity index (χ2v) is 6.31.